The van der Waals surface area contributed by atoms with Crippen molar-refractivity contribution in [3.05, 3.63) is 0 Å². The zero-order chi connectivity index (χ0) is 12.0. The van der Waals surface area contributed by atoms with E-state index in [0.29, 0.717) is 24.4 Å². The van der Waals surface area contributed by atoms with Crippen molar-refractivity contribution in [2.45, 2.75) is 52.5 Å². The maximum atomic E-state index is 11.6. The topological polar surface area (TPSA) is 55.1 Å². The molecule has 0 aromatic carbocycles. The Labute approximate surface area is 98.2 Å². The minimum atomic E-state index is 0.122. The van der Waals surface area contributed by atoms with Gasteiger partial charge in [-0.25, -0.2) is 0 Å². The molecular formula is C13H24N2O. The monoisotopic (exact) mass is 224 g/mol. The Balaban J connectivity index is 2.07. The Hall–Kier alpha value is -0.570. The molecule has 2 aliphatic rings. The first-order chi connectivity index (χ1) is 7.41. The molecule has 1 amide bonds. The van der Waals surface area contributed by atoms with E-state index in [1.807, 2.05) is 0 Å². The molecule has 0 radical (unpaired) electrons. The van der Waals surface area contributed by atoms with Gasteiger partial charge in [-0.2, -0.15) is 0 Å². The predicted octanol–water partition coefficient (Wildman–Crippen LogP) is 1.67. The summed E-state index contributed by atoms with van der Waals surface area (Å²) in [5.41, 5.74) is 6.05. The normalized spacial score (nSPS) is 40.0. The van der Waals surface area contributed by atoms with Crippen molar-refractivity contribution in [2.75, 3.05) is 6.54 Å². The third-order valence-electron chi connectivity index (χ3n) is 5.50. The second kappa shape index (κ2) is 3.73. The summed E-state index contributed by atoms with van der Waals surface area (Å²) >= 11 is 0. The zero-order valence-corrected chi connectivity index (χ0v) is 10.7. The van der Waals surface area contributed by atoms with Crippen LogP contribution < -0.4 is 11.1 Å². The summed E-state index contributed by atoms with van der Waals surface area (Å²) in [6.45, 7) is 7.51. The summed E-state index contributed by atoms with van der Waals surface area (Å²) in [6, 6.07) is 0.361. The van der Waals surface area contributed by atoms with Gasteiger partial charge in [0.2, 0.25) is 5.91 Å². The highest BCUT2D eigenvalue weighted by atomic mass is 16.1. The van der Waals surface area contributed by atoms with E-state index in [1.54, 1.807) is 0 Å². The number of rotatable bonds is 3. The molecule has 0 aromatic heterocycles. The third kappa shape index (κ3) is 1.48. The van der Waals surface area contributed by atoms with Crippen LogP contribution in [0.3, 0.4) is 0 Å². The number of amides is 1. The van der Waals surface area contributed by atoms with Gasteiger partial charge < -0.3 is 11.1 Å². The van der Waals surface area contributed by atoms with Crippen LogP contribution >= 0.6 is 0 Å². The summed E-state index contributed by atoms with van der Waals surface area (Å²) in [6.07, 6.45) is 4.18. The first-order valence-corrected chi connectivity index (χ1v) is 6.41. The fourth-order valence-corrected chi connectivity index (χ4v) is 3.82. The van der Waals surface area contributed by atoms with Gasteiger partial charge in [0.1, 0.15) is 0 Å². The highest BCUT2D eigenvalue weighted by Crippen LogP contribution is 2.65. The molecule has 0 unspecified atom stereocenters. The maximum absolute atomic E-state index is 11.6. The van der Waals surface area contributed by atoms with E-state index in [9.17, 15) is 4.79 Å². The molecule has 0 saturated heterocycles. The molecule has 3 heteroatoms. The minimum absolute atomic E-state index is 0.122. The van der Waals surface area contributed by atoms with Crippen LogP contribution in [0.4, 0.5) is 0 Å². The van der Waals surface area contributed by atoms with Gasteiger partial charge in [-0.1, -0.05) is 20.8 Å². The first-order valence-electron chi connectivity index (χ1n) is 6.41. The van der Waals surface area contributed by atoms with Gasteiger partial charge >= 0.3 is 0 Å². The Morgan fingerprint density at radius 3 is 2.56 bits per heavy atom. The van der Waals surface area contributed by atoms with Crippen molar-refractivity contribution in [3.63, 3.8) is 0 Å². The summed E-state index contributed by atoms with van der Waals surface area (Å²) in [5.74, 6) is 0.901. The molecule has 0 aromatic rings. The van der Waals surface area contributed by atoms with Crippen molar-refractivity contribution in [3.8, 4) is 0 Å². The lowest BCUT2D eigenvalue weighted by Crippen LogP contribution is -2.47. The van der Waals surface area contributed by atoms with Gasteiger partial charge in [-0.05, 0) is 36.0 Å². The number of carbonyl (C=O) groups excluding carboxylic acids is 1. The minimum Gasteiger partial charge on any atom is -0.353 e. The molecule has 2 saturated carbocycles. The lowest BCUT2D eigenvalue weighted by molar-refractivity contribution is -0.122. The first kappa shape index (κ1) is 11.9. The molecule has 2 rings (SSSR count). The second-order valence-corrected chi connectivity index (χ2v) is 6.27. The van der Waals surface area contributed by atoms with Gasteiger partial charge in [-0.15, -0.1) is 0 Å². The molecule has 2 fully saturated rings. The number of hydrogen-bond acceptors (Lipinski definition) is 2. The van der Waals surface area contributed by atoms with Crippen molar-refractivity contribution in [2.24, 2.45) is 22.5 Å². The molecule has 3 nitrogen and oxygen atoms in total. The van der Waals surface area contributed by atoms with E-state index >= 15 is 0 Å². The fraction of sp³-hybridized carbons (Fsp3) is 0.923. The van der Waals surface area contributed by atoms with Gasteiger partial charge in [0.25, 0.3) is 0 Å². The van der Waals surface area contributed by atoms with Crippen LogP contribution in [0.1, 0.15) is 46.5 Å². The molecular weight excluding hydrogens is 200 g/mol. The van der Waals surface area contributed by atoms with Gasteiger partial charge in [0.05, 0.1) is 0 Å². The SMILES string of the molecule is CC1(C)[C@H]2CC[C@@]1(C)[C@@H](NC(=O)CCN)C2. The number of nitrogens with one attached hydrogen (secondary N) is 1. The molecule has 92 valence electrons. The van der Waals surface area contributed by atoms with Crippen molar-refractivity contribution in [1.29, 1.82) is 0 Å². The smallest absolute Gasteiger partial charge is 0.221 e. The molecule has 2 aliphatic carbocycles. The fourth-order valence-electron chi connectivity index (χ4n) is 3.82. The Bertz CT molecular complexity index is 300. The standard InChI is InChI=1S/C13H24N2O/c1-12(2)9-4-6-13(12,3)10(8-9)15-11(16)5-7-14/h9-10H,4-8,14H2,1-3H3,(H,15,16)/t9-,10-,13-/m0/s1. The van der Waals surface area contributed by atoms with E-state index in [4.69, 9.17) is 5.73 Å². The van der Waals surface area contributed by atoms with Crippen LogP contribution in [0.25, 0.3) is 0 Å². The molecule has 3 atom stereocenters. The second-order valence-electron chi connectivity index (χ2n) is 6.27. The van der Waals surface area contributed by atoms with E-state index in [2.05, 4.69) is 26.1 Å². The molecule has 0 heterocycles. The van der Waals surface area contributed by atoms with E-state index in [-0.39, 0.29) is 11.3 Å². The van der Waals surface area contributed by atoms with E-state index in [1.165, 1.54) is 12.8 Å². The third-order valence-corrected chi connectivity index (χ3v) is 5.50. The lowest BCUT2D eigenvalue weighted by atomic mass is 9.69. The van der Waals surface area contributed by atoms with Crippen LogP contribution in [0.15, 0.2) is 0 Å². The van der Waals surface area contributed by atoms with Crippen LogP contribution in [-0.2, 0) is 4.79 Å². The zero-order valence-electron chi connectivity index (χ0n) is 10.7. The Morgan fingerprint density at radius 2 is 2.12 bits per heavy atom. The quantitative estimate of drug-likeness (QED) is 0.766. The predicted molar refractivity (Wildman–Crippen MR) is 64.8 cm³/mol. The van der Waals surface area contributed by atoms with Crippen molar-refractivity contribution < 1.29 is 4.79 Å². The van der Waals surface area contributed by atoms with Gasteiger partial charge in [0, 0.05) is 19.0 Å². The van der Waals surface area contributed by atoms with Crippen LogP contribution in [0, 0.1) is 16.7 Å². The van der Waals surface area contributed by atoms with Gasteiger partial charge in [-0.3, -0.25) is 4.79 Å². The van der Waals surface area contributed by atoms with Crippen molar-refractivity contribution >= 4 is 5.91 Å². The highest BCUT2D eigenvalue weighted by Gasteiger charge is 2.61. The average molecular weight is 224 g/mol. The molecule has 0 aliphatic heterocycles. The van der Waals surface area contributed by atoms with Crippen molar-refractivity contribution in [1.82, 2.24) is 5.32 Å². The van der Waals surface area contributed by atoms with Crippen LogP contribution in [-0.4, -0.2) is 18.5 Å². The van der Waals surface area contributed by atoms with Crippen LogP contribution in [0.2, 0.25) is 0 Å². The maximum Gasteiger partial charge on any atom is 0.221 e. The number of hydrogen-bond donors (Lipinski definition) is 2. The highest BCUT2D eigenvalue weighted by molar-refractivity contribution is 5.76. The van der Waals surface area contributed by atoms with E-state index < -0.39 is 0 Å². The largest absolute Gasteiger partial charge is 0.353 e. The summed E-state index contributed by atoms with van der Waals surface area (Å²) in [7, 11) is 0. The number of nitrogens with two attached hydrogens (primary N) is 1. The summed E-state index contributed by atoms with van der Waals surface area (Å²) in [4.78, 5) is 11.6. The molecule has 3 N–H and O–H groups in total. The lowest BCUT2D eigenvalue weighted by Gasteiger charge is -2.39. The average Bonchev–Trinajstić information content (AvgIpc) is 2.51. The summed E-state index contributed by atoms with van der Waals surface area (Å²) < 4.78 is 0. The van der Waals surface area contributed by atoms with E-state index in [0.717, 1.165) is 12.3 Å². The molecule has 2 bridgehead atoms. The number of carbonyl (C=O) groups is 1. The summed E-state index contributed by atoms with van der Waals surface area (Å²) in [5, 5.41) is 3.19. The Morgan fingerprint density at radius 1 is 1.44 bits per heavy atom. The number of fused-ring (bicyclic) bond motifs is 2. The molecule has 16 heavy (non-hydrogen) atoms. The Kier molecular flexibility index (Phi) is 2.77. The molecule has 0 spiro atoms. The van der Waals surface area contributed by atoms with Crippen LogP contribution in [0.5, 0.6) is 0 Å². The van der Waals surface area contributed by atoms with Gasteiger partial charge in [0.15, 0.2) is 0 Å².